The number of rotatable bonds is 9. The highest BCUT2D eigenvalue weighted by atomic mass is 19.1. The van der Waals surface area contributed by atoms with E-state index in [9.17, 15) is 4.39 Å². The van der Waals surface area contributed by atoms with Gasteiger partial charge in [-0.25, -0.2) is 4.39 Å². The second kappa shape index (κ2) is 14.0. The van der Waals surface area contributed by atoms with E-state index < -0.39 is 6.17 Å². The molecule has 2 aromatic rings. The zero-order chi connectivity index (χ0) is 22.5. The molecule has 3 rings (SSSR count). The van der Waals surface area contributed by atoms with Gasteiger partial charge in [-0.15, -0.1) is 0 Å². The predicted molar refractivity (Wildman–Crippen MR) is 129 cm³/mol. The maximum absolute atomic E-state index is 13.4. The number of alkyl halides is 1. The quantitative estimate of drug-likeness (QED) is 0.431. The average Bonchev–Trinajstić information content (AvgIpc) is 2.80. The summed E-state index contributed by atoms with van der Waals surface area (Å²) in [6, 6.07) is 22.3. The Morgan fingerprint density at radius 2 is 1.55 bits per heavy atom. The van der Waals surface area contributed by atoms with Crippen LogP contribution in [0.4, 0.5) is 4.39 Å². The molecule has 1 aliphatic rings. The largest absolute Gasteiger partial charge is 0.303 e. The highest BCUT2D eigenvalue weighted by Gasteiger charge is 2.21. The van der Waals surface area contributed by atoms with Gasteiger partial charge in [0.25, 0.3) is 0 Å². The number of aryl methyl sites for hydroxylation is 1. The van der Waals surface area contributed by atoms with Gasteiger partial charge in [0.15, 0.2) is 0 Å². The SMILES string of the molecule is CC#N.CCC(CCc1ccc(C2CCC(F)CC2)cc1)N(C)CCc1ccccc1. The Morgan fingerprint density at radius 1 is 0.968 bits per heavy atom. The Labute approximate surface area is 189 Å². The first kappa shape index (κ1) is 25.1. The molecule has 3 heteroatoms. The molecule has 1 fully saturated rings. The maximum atomic E-state index is 13.4. The number of hydrogen-bond acceptors (Lipinski definition) is 2. The van der Waals surface area contributed by atoms with Crippen molar-refractivity contribution < 1.29 is 4.39 Å². The molecule has 1 saturated carbocycles. The fraction of sp³-hybridized carbons (Fsp3) is 0.536. The van der Waals surface area contributed by atoms with Gasteiger partial charge in [-0.3, -0.25) is 0 Å². The van der Waals surface area contributed by atoms with Crippen LogP contribution in [0.15, 0.2) is 54.6 Å². The molecule has 0 N–H and O–H groups in total. The number of hydrogen-bond donors (Lipinski definition) is 0. The summed E-state index contributed by atoms with van der Waals surface area (Å²) in [5, 5.41) is 7.32. The van der Waals surface area contributed by atoms with E-state index >= 15 is 0 Å². The summed E-state index contributed by atoms with van der Waals surface area (Å²) >= 11 is 0. The van der Waals surface area contributed by atoms with Crippen molar-refractivity contribution in [3.05, 3.63) is 71.3 Å². The first-order chi connectivity index (χ1) is 15.1. The number of nitrogens with zero attached hydrogens (tertiary/aromatic N) is 2. The summed E-state index contributed by atoms with van der Waals surface area (Å²) in [5.74, 6) is 0.563. The normalized spacial score (nSPS) is 19.2. The number of nitriles is 1. The highest BCUT2D eigenvalue weighted by molar-refractivity contribution is 5.26. The van der Waals surface area contributed by atoms with Crippen LogP contribution in [0, 0.1) is 11.3 Å². The molecular formula is C28H39FN2. The molecular weight excluding hydrogens is 383 g/mol. The molecule has 0 aliphatic heterocycles. The molecule has 168 valence electrons. The van der Waals surface area contributed by atoms with Gasteiger partial charge in [-0.1, -0.05) is 61.5 Å². The molecule has 1 unspecified atom stereocenters. The predicted octanol–water partition coefficient (Wildman–Crippen LogP) is 7.10. The van der Waals surface area contributed by atoms with E-state index in [1.807, 2.05) is 0 Å². The van der Waals surface area contributed by atoms with Gasteiger partial charge in [0, 0.05) is 19.5 Å². The Morgan fingerprint density at radius 3 is 2.13 bits per heavy atom. The third-order valence-corrected chi connectivity index (χ3v) is 6.56. The van der Waals surface area contributed by atoms with Crippen LogP contribution in [0.2, 0.25) is 0 Å². The maximum Gasteiger partial charge on any atom is 0.100 e. The second-order valence-electron chi connectivity index (χ2n) is 8.73. The van der Waals surface area contributed by atoms with Crippen molar-refractivity contribution in [3.8, 4) is 6.07 Å². The average molecular weight is 423 g/mol. The summed E-state index contributed by atoms with van der Waals surface area (Å²) in [7, 11) is 2.27. The van der Waals surface area contributed by atoms with E-state index in [-0.39, 0.29) is 0 Å². The second-order valence-corrected chi connectivity index (χ2v) is 8.73. The van der Waals surface area contributed by atoms with Gasteiger partial charge < -0.3 is 4.90 Å². The first-order valence-corrected chi connectivity index (χ1v) is 11.8. The lowest BCUT2D eigenvalue weighted by molar-refractivity contribution is 0.227. The first-order valence-electron chi connectivity index (χ1n) is 11.8. The Balaban J connectivity index is 0.00000107. The molecule has 2 nitrogen and oxygen atoms in total. The molecule has 1 aliphatic carbocycles. The van der Waals surface area contributed by atoms with Crippen LogP contribution in [0.1, 0.15) is 75.0 Å². The van der Waals surface area contributed by atoms with Crippen molar-refractivity contribution in [2.24, 2.45) is 0 Å². The molecule has 0 amide bonds. The molecule has 1 atom stereocenters. The lowest BCUT2D eigenvalue weighted by atomic mass is 9.83. The van der Waals surface area contributed by atoms with Crippen molar-refractivity contribution in [2.45, 2.75) is 83.3 Å². The van der Waals surface area contributed by atoms with E-state index in [4.69, 9.17) is 5.26 Å². The van der Waals surface area contributed by atoms with Crippen molar-refractivity contribution >= 4 is 0 Å². The van der Waals surface area contributed by atoms with Crippen LogP contribution in [-0.2, 0) is 12.8 Å². The van der Waals surface area contributed by atoms with E-state index in [1.165, 1.54) is 36.5 Å². The minimum atomic E-state index is -0.569. The van der Waals surface area contributed by atoms with Gasteiger partial charge in [0.2, 0.25) is 0 Å². The van der Waals surface area contributed by atoms with Crippen LogP contribution in [0.5, 0.6) is 0 Å². The van der Waals surface area contributed by atoms with Crippen LogP contribution in [-0.4, -0.2) is 30.7 Å². The molecule has 0 bridgehead atoms. The lowest BCUT2D eigenvalue weighted by Gasteiger charge is -2.27. The lowest BCUT2D eigenvalue weighted by Crippen LogP contribution is -2.33. The number of halogens is 1. The van der Waals surface area contributed by atoms with Crippen LogP contribution < -0.4 is 0 Å². The zero-order valence-corrected chi connectivity index (χ0v) is 19.6. The minimum Gasteiger partial charge on any atom is -0.303 e. The Kier molecular flexibility index (Phi) is 11.3. The monoisotopic (exact) mass is 422 g/mol. The summed E-state index contributed by atoms with van der Waals surface area (Å²) in [6.45, 7) is 4.84. The number of likely N-dealkylation sites (N-methyl/N-ethyl adjacent to an activating group) is 1. The molecule has 0 heterocycles. The van der Waals surface area contributed by atoms with Crippen molar-refractivity contribution in [3.63, 3.8) is 0 Å². The van der Waals surface area contributed by atoms with Crippen LogP contribution >= 0.6 is 0 Å². The molecule has 0 saturated heterocycles. The Bertz CT molecular complexity index is 758. The zero-order valence-electron chi connectivity index (χ0n) is 19.6. The summed E-state index contributed by atoms with van der Waals surface area (Å²) in [6.07, 6.45) is 7.55. The minimum absolute atomic E-state index is 0.563. The van der Waals surface area contributed by atoms with Crippen LogP contribution in [0.25, 0.3) is 0 Å². The molecule has 0 aromatic heterocycles. The topological polar surface area (TPSA) is 27.0 Å². The van der Waals surface area contributed by atoms with Gasteiger partial charge in [-0.2, -0.15) is 5.26 Å². The van der Waals surface area contributed by atoms with E-state index in [2.05, 4.69) is 73.5 Å². The van der Waals surface area contributed by atoms with Crippen molar-refractivity contribution in [2.75, 3.05) is 13.6 Å². The van der Waals surface area contributed by atoms with E-state index in [1.54, 1.807) is 6.07 Å². The fourth-order valence-electron chi connectivity index (χ4n) is 4.54. The summed E-state index contributed by atoms with van der Waals surface area (Å²) in [5.41, 5.74) is 4.25. The van der Waals surface area contributed by atoms with Crippen molar-refractivity contribution in [1.82, 2.24) is 4.90 Å². The number of benzene rings is 2. The fourth-order valence-corrected chi connectivity index (χ4v) is 4.54. The van der Waals surface area contributed by atoms with E-state index in [0.717, 1.165) is 45.1 Å². The molecule has 2 aromatic carbocycles. The van der Waals surface area contributed by atoms with Gasteiger partial charge in [-0.05, 0) is 81.0 Å². The van der Waals surface area contributed by atoms with E-state index in [0.29, 0.717) is 12.0 Å². The third kappa shape index (κ3) is 8.83. The highest BCUT2D eigenvalue weighted by Crippen LogP contribution is 2.34. The molecule has 0 radical (unpaired) electrons. The molecule has 0 spiro atoms. The summed E-state index contributed by atoms with van der Waals surface area (Å²) < 4.78 is 13.4. The van der Waals surface area contributed by atoms with Gasteiger partial charge in [0.05, 0.1) is 6.07 Å². The Hall–Kier alpha value is -2.18. The third-order valence-electron chi connectivity index (χ3n) is 6.56. The molecule has 31 heavy (non-hydrogen) atoms. The van der Waals surface area contributed by atoms with Gasteiger partial charge >= 0.3 is 0 Å². The summed E-state index contributed by atoms with van der Waals surface area (Å²) in [4.78, 5) is 2.52. The van der Waals surface area contributed by atoms with Crippen molar-refractivity contribution in [1.29, 1.82) is 5.26 Å². The smallest absolute Gasteiger partial charge is 0.100 e. The van der Waals surface area contributed by atoms with Crippen LogP contribution in [0.3, 0.4) is 0 Å². The van der Waals surface area contributed by atoms with Gasteiger partial charge in [0.1, 0.15) is 6.17 Å². The standard InChI is InChI=1S/C26H36FN.C2H3N/c1-3-26(28(2)20-19-21-7-5-4-6-8-21)18-11-22-9-12-23(13-10-22)24-14-16-25(27)17-15-24;1-2-3/h4-10,12-13,24-26H,3,11,14-20H2,1-2H3;1H3.